The van der Waals surface area contributed by atoms with Crippen molar-refractivity contribution >= 4 is 0 Å². The van der Waals surface area contributed by atoms with Gasteiger partial charge in [-0.2, -0.15) is 0 Å². The highest BCUT2D eigenvalue weighted by Crippen LogP contribution is 2.34. The van der Waals surface area contributed by atoms with E-state index in [1.165, 1.54) is 32.1 Å². The van der Waals surface area contributed by atoms with Crippen molar-refractivity contribution in [2.75, 3.05) is 0 Å². The van der Waals surface area contributed by atoms with Gasteiger partial charge in [-0.25, -0.2) is 0 Å². The predicted octanol–water partition coefficient (Wildman–Crippen LogP) is 2.97. The Bertz CT molecular complexity index is 116. The Kier molecular flexibility index (Phi) is 4.07. The summed E-state index contributed by atoms with van der Waals surface area (Å²) >= 11 is 0. The molecule has 0 heterocycles. The molecular weight excluding hydrogens is 148 g/mol. The van der Waals surface area contributed by atoms with Gasteiger partial charge in [-0.05, 0) is 31.1 Å². The Morgan fingerprint density at radius 3 is 2.25 bits per heavy atom. The van der Waals surface area contributed by atoms with Crippen molar-refractivity contribution in [3.05, 3.63) is 0 Å². The Balaban J connectivity index is 1.87. The Morgan fingerprint density at radius 2 is 1.75 bits per heavy atom. The molecule has 72 valence electrons. The maximum atomic E-state index is 9.55. The highest BCUT2D eigenvalue weighted by molar-refractivity contribution is 4.80. The Morgan fingerprint density at radius 1 is 1.17 bits per heavy atom. The first kappa shape index (κ1) is 10.0. The molecule has 0 radical (unpaired) electrons. The van der Waals surface area contributed by atoms with Crippen molar-refractivity contribution in [2.24, 2.45) is 11.8 Å². The van der Waals surface area contributed by atoms with Crippen LogP contribution in [0.2, 0.25) is 0 Å². The molecule has 1 unspecified atom stereocenters. The van der Waals surface area contributed by atoms with Crippen molar-refractivity contribution in [1.82, 2.24) is 0 Å². The summed E-state index contributed by atoms with van der Waals surface area (Å²) in [4.78, 5) is 0. The third kappa shape index (κ3) is 4.10. The summed E-state index contributed by atoms with van der Waals surface area (Å²) in [6.07, 6.45) is 7.43. The quantitative estimate of drug-likeness (QED) is 0.608. The lowest BCUT2D eigenvalue weighted by atomic mass is 10.0. The molecule has 12 heavy (non-hydrogen) atoms. The van der Waals surface area contributed by atoms with Gasteiger partial charge in [0.15, 0.2) is 0 Å². The molecule has 1 aliphatic carbocycles. The summed E-state index contributed by atoms with van der Waals surface area (Å²) in [7, 11) is 0. The standard InChI is InChI=1S/C11H22O/c1-9(2)5-3-4-6-11(12)10-7-8-10/h9-12H,3-8H2,1-2H3. The lowest BCUT2D eigenvalue weighted by Gasteiger charge is -2.09. The fraction of sp³-hybridized carbons (Fsp3) is 1.00. The smallest absolute Gasteiger partial charge is 0.0568 e. The largest absolute Gasteiger partial charge is 0.393 e. The molecule has 0 aliphatic heterocycles. The zero-order chi connectivity index (χ0) is 8.97. The molecule has 1 nitrogen and oxygen atoms in total. The van der Waals surface area contributed by atoms with Gasteiger partial charge in [0.1, 0.15) is 0 Å². The van der Waals surface area contributed by atoms with E-state index >= 15 is 0 Å². The third-order valence-corrected chi connectivity index (χ3v) is 2.70. The van der Waals surface area contributed by atoms with Crippen LogP contribution in [0.15, 0.2) is 0 Å². The van der Waals surface area contributed by atoms with Crippen molar-refractivity contribution in [3.8, 4) is 0 Å². The summed E-state index contributed by atoms with van der Waals surface area (Å²) in [5.41, 5.74) is 0. The van der Waals surface area contributed by atoms with E-state index < -0.39 is 0 Å². The van der Waals surface area contributed by atoms with Gasteiger partial charge >= 0.3 is 0 Å². The second-order valence-electron chi connectivity index (χ2n) is 4.58. The maximum Gasteiger partial charge on any atom is 0.0568 e. The van der Waals surface area contributed by atoms with E-state index in [2.05, 4.69) is 13.8 Å². The summed E-state index contributed by atoms with van der Waals surface area (Å²) in [6, 6.07) is 0. The van der Waals surface area contributed by atoms with Gasteiger partial charge in [0, 0.05) is 0 Å². The minimum atomic E-state index is 0.0252. The first-order valence-electron chi connectivity index (χ1n) is 5.38. The molecule has 1 saturated carbocycles. The van der Waals surface area contributed by atoms with Gasteiger partial charge in [-0.1, -0.05) is 33.1 Å². The fourth-order valence-electron chi connectivity index (χ4n) is 1.62. The van der Waals surface area contributed by atoms with Crippen molar-refractivity contribution < 1.29 is 5.11 Å². The van der Waals surface area contributed by atoms with E-state index in [4.69, 9.17) is 0 Å². The van der Waals surface area contributed by atoms with Crippen LogP contribution in [0.1, 0.15) is 52.4 Å². The third-order valence-electron chi connectivity index (χ3n) is 2.70. The van der Waals surface area contributed by atoms with Crippen LogP contribution < -0.4 is 0 Å². The molecule has 0 amide bonds. The predicted molar refractivity (Wildman–Crippen MR) is 52.0 cm³/mol. The number of hydrogen-bond donors (Lipinski definition) is 1. The van der Waals surface area contributed by atoms with E-state index in [9.17, 15) is 5.11 Å². The van der Waals surface area contributed by atoms with Gasteiger partial charge in [0.25, 0.3) is 0 Å². The molecule has 1 fully saturated rings. The van der Waals surface area contributed by atoms with E-state index in [1.807, 2.05) is 0 Å². The molecule has 0 aromatic carbocycles. The first-order chi connectivity index (χ1) is 5.70. The highest BCUT2D eigenvalue weighted by Gasteiger charge is 2.28. The monoisotopic (exact) mass is 170 g/mol. The average molecular weight is 170 g/mol. The summed E-state index contributed by atoms with van der Waals surface area (Å²) in [5.74, 6) is 1.49. The van der Waals surface area contributed by atoms with Crippen molar-refractivity contribution in [3.63, 3.8) is 0 Å². The van der Waals surface area contributed by atoms with Crippen LogP contribution >= 0.6 is 0 Å². The molecule has 1 aliphatic rings. The number of aliphatic hydroxyl groups excluding tert-OH is 1. The molecule has 0 spiro atoms. The summed E-state index contributed by atoms with van der Waals surface area (Å²) < 4.78 is 0. The number of aliphatic hydroxyl groups is 1. The molecule has 1 rings (SSSR count). The first-order valence-corrected chi connectivity index (χ1v) is 5.38. The van der Waals surface area contributed by atoms with Crippen LogP contribution in [0.25, 0.3) is 0 Å². The lowest BCUT2D eigenvalue weighted by Crippen LogP contribution is -2.08. The molecular formula is C11H22O. The fourth-order valence-corrected chi connectivity index (χ4v) is 1.62. The van der Waals surface area contributed by atoms with Crippen LogP contribution in [0.4, 0.5) is 0 Å². The summed E-state index contributed by atoms with van der Waals surface area (Å²) in [5, 5.41) is 9.55. The SMILES string of the molecule is CC(C)CCCCC(O)C1CC1. The van der Waals surface area contributed by atoms with E-state index in [0.29, 0.717) is 5.92 Å². The van der Waals surface area contributed by atoms with Gasteiger partial charge in [-0.15, -0.1) is 0 Å². The van der Waals surface area contributed by atoms with Gasteiger partial charge in [0.05, 0.1) is 6.10 Å². The minimum absolute atomic E-state index is 0.0252. The normalized spacial score (nSPS) is 20.0. The highest BCUT2D eigenvalue weighted by atomic mass is 16.3. The van der Waals surface area contributed by atoms with Crippen LogP contribution in [-0.4, -0.2) is 11.2 Å². The van der Waals surface area contributed by atoms with Crippen LogP contribution in [-0.2, 0) is 0 Å². The Labute approximate surface area is 76.2 Å². The second kappa shape index (κ2) is 4.86. The van der Waals surface area contributed by atoms with Gasteiger partial charge in [0.2, 0.25) is 0 Å². The lowest BCUT2D eigenvalue weighted by molar-refractivity contribution is 0.137. The molecule has 0 saturated heterocycles. The Hall–Kier alpha value is -0.0400. The molecule has 1 heteroatoms. The number of rotatable bonds is 6. The van der Waals surface area contributed by atoms with E-state index in [1.54, 1.807) is 0 Å². The van der Waals surface area contributed by atoms with Crippen molar-refractivity contribution in [1.29, 1.82) is 0 Å². The summed E-state index contributed by atoms with van der Waals surface area (Å²) in [6.45, 7) is 4.52. The molecule has 0 aromatic rings. The molecule has 1 N–H and O–H groups in total. The number of hydrogen-bond acceptors (Lipinski definition) is 1. The zero-order valence-corrected chi connectivity index (χ0v) is 8.42. The molecule has 0 aromatic heterocycles. The van der Waals surface area contributed by atoms with Gasteiger partial charge < -0.3 is 5.11 Å². The maximum absolute atomic E-state index is 9.55. The van der Waals surface area contributed by atoms with E-state index in [0.717, 1.165) is 12.3 Å². The number of unbranched alkanes of at least 4 members (excludes halogenated alkanes) is 1. The van der Waals surface area contributed by atoms with Crippen LogP contribution in [0.3, 0.4) is 0 Å². The van der Waals surface area contributed by atoms with Crippen LogP contribution in [0.5, 0.6) is 0 Å². The molecule has 1 atom stereocenters. The minimum Gasteiger partial charge on any atom is -0.393 e. The second-order valence-corrected chi connectivity index (χ2v) is 4.58. The van der Waals surface area contributed by atoms with Crippen molar-refractivity contribution in [2.45, 2.75) is 58.5 Å². The zero-order valence-electron chi connectivity index (χ0n) is 8.42. The van der Waals surface area contributed by atoms with Gasteiger partial charge in [-0.3, -0.25) is 0 Å². The van der Waals surface area contributed by atoms with E-state index in [-0.39, 0.29) is 6.10 Å². The topological polar surface area (TPSA) is 20.2 Å². The average Bonchev–Trinajstić information content (AvgIpc) is 2.79. The van der Waals surface area contributed by atoms with Crippen LogP contribution in [0, 0.1) is 11.8 Å². The molecule has 0 bridgehead atoms.